The molecule has 0 N–H and O–H groups in total. The summed E-state index contributed by atoms with van der Waals surface area (Å²) in [6.45, 7) is 3.90. The lowest BCUT2D eigenvalue weighted by Gasteiger charge is -2.07. The van der Waals surface area contributed by atoms with E-state index in [9.17, 15) is 4.79 Å². The number of aryl methyl sites for hydroxylation is 1. The summed E-state index contributed by atoms with van der Waals surface area (Å²) >= 11 is 0. The number of carbonyl (C=O) groups is 1. The molecule has 0 radical (unpaired) electrons. The van der Waals surface area contributed by atoms with Gasteiger partial charge in [-0.2, -0.15) is 0 Å². The van der Waals surface area contributed by atoms with E-state index in [4.69, 9.17) is 4.74 Å². The molecule has 23 heavy (non-hydrogen) atoms. The Labute approximate surface area is 131 Å². The Hall–Kier alpha value is -3.09. The lowest BCUT2D eigenvalue weighted by molar-refractivity contribution is 0.0525. The van der Waals surface area contributed by atoms with Crippen LogP contribution in [0.3, 0.4) is 0 Å². The zero-order chi connectivity index (χ0) is 16.0. The molecule has 7 heteroatoms. The van der Waals surface area contributed by atoms with Crippen LogP contribution in [0.1, 0.15) is 23.0 Å². The molecule has 0 aliphatic heterocycles. The maximum atomic E-state index is 12.1. The van der Waals surface area contributed by atoms with Gasteiger partial charge in [-0.1, -0.05) is 0 Å². The molecule has 0 amide bonds. The highest BCUT2D eigenvalue weighted by Crippen LogP contribution is 2.24. The van der Waals surface area contributed by atoms with Crippen molar-refractivity contribution < 1.29 is 9.53 Å². The van der Waals surface area contributed by atoms with Gasteiger partial charge in [0.05, 0.1) is 29.6 Å². The number of esters is 1. The van der Waals surface area contributed by atoms with Crippen molar-refractivity contribution in [1.29, 1.82) is 0 Å². The van der Waals surface area contributed by atoms with E-state index < -0.39 is 0 Å². The van der Waals surface area contributed by atoms with E-state index in [1.54, 1.807) is 26.1 Å². The van der Waals surface area contributed by atoms with E-state index in [0.717, 1.165) is 16.6 Å². The average molecular weight is 307 g/mol. The predicted octanol–water partition coefficient (Wildman–Crippen LogP) is 2.31. The van der Waals surface area contributed by atoms with Gasteiger partial charge in [-0.3, -0.25) is 9.38 Å². The Morgan fingerprint density at radius 2 is 2.13 bits per heavy atom. The van der Waals surface area contributed by atoms with Gasteiger partial charge in [0.15, 0.2) is 5.65 Å². The van der Waals surface area contributed by atoms with Crippen LogP contribution in [0.25, 0.3) is 27.7 Å². The first kappa shape index (κ1) is 13.6. The normalized spacial score (nSPS) is 11.4. The summed E-state index contributed by atoms with van der Waals surface area (Å²) in [5.74, 6) is -0.377. The Morgan fingerprint density at radius 1 is 1.26 bits per heavy atom. The second-order valence-corrected chi connectivity index (χ2v) is 5.13. The minimum absolute atomic E-state index is 0.323. The average Bonchev–Trinajstić information content (AvgIpc) is 2.93. The van der Waals surface area contributed by atoms with Crippen LogP contribution in [0, 0.1) is 6.92 Å². The lowest BCUT2D eigenvalue weighted by atomic mass is 10.1. The van der Waals surface area contributed by atoms with E-state index in [2.05, 4.69) is 19.9 Å². The van der Waals surface area contributed by atoms with Crippen molar-refractivity contribution in [2.45, 2.75) is 13.8 Å². The zero-order valence-corrected chi connectivity index (χ0v) is 12.6. The summed E-state index contributed by atoms with van der Waals surface area (Å²) in [5, 5.41) is 0.777. The summed E-state index contributed by atoms with van der Waals surface area (Å²) in [7, 11) is 0. The van der Waals surface area contributed by atoms with Gasteiger partial charge in [-0.05, 0) is 26.0 Å². The molecular weight excluding hydrogens is 294 g/mol. The van der Waals surface area contributed by atoms with Crippen molar-refractivity contribution in [1.82, 2.24) is 24.3 Å². The van der Waals surface area contributed by atoms with Gasteiger partial charge in [0, 0.05) is 11.6 Å². The maximum Gasteiger partial charge on any atom is 0.339 e. The van der Waals surface area contributed by atoms with Crippen LogP contribution >= 0.6 is 0 Å². The van der Waals surface area contributed by atoms with E-state index in [1.165, 1.54) is 6.33 Å². The molecule has 0 aliphatic carbocycles. The molecule has 114 valence electrons. The Kier molecular flexibility index (Phi) is 2.94. The lowest BCUT2D eigenvalue weighted by Crippen LogP contribution is -2.08. The number of aromatic nitrogens is 5. The van der Waals surface area contributed by atoms with Crippen LogP contribution in [0.4, 0.5) is 0 Å². The van der Waals surface area contributed by atoms with Crippen LogP contribution in [-0.4, -0.2) is 36.9 Å². The molecule has 4 rings (SSSR count). The van der Waals surface area contributed by atoms with E-state index >= 15 is 0 Å². The number of carbonyl (C=O) groups excluding carboxylic acids is 1. The van der Waals surface area contributed by atoms with Crippen LogP contribution < -0.4 is 0 Å². The van der Waals surface area contributed by atoms with Gasteiger partial charge < -0.3 is 4.74 Å². The first-order chi connectivity index (χ1) is 11.2. The second kappa shape index (κ2) is 4.98. The highest BCUT2D eigenvalue weighted by Gasteiger charge is 2.16. The minimum atomic E-state index is -0.377. The van der Waals surface area contributed by atoms with Crippen LogP contribution in [0.5, 0.6) is 0 Å². The smallest absolute Gasteiger partial charge is 0.339 e. The molecule has 0 bridgehead atoms. The van der Waals surface area contributed by atoms with E-state index in [0.29, 0.717) is 29.0 Å². The second-order valence-electron chi connectivity index (χ2n) is 5.13. The summed E-state index contributed by atoms with van der Waals surface area (Å²) in [4.78, 5) is 29.4. The molecule has 0 aromatic carbocycles. The van der Waals surface area contributed by atoms with Gasteiger partial charge in [-0.25, -0.2) is 19.7 Å². The third kappa shape index (κ3) is 2.01. The topological polar surface area (TPSA) is 82.3 Å². The third-order valence-corrected chi connectivity index (χ3v) is 3.72. The molecular formula is C16H13N5O2. The Balaban J connectivity index is 2.07. The molecule has 4 aromatic heterocycles. The number of fused-ring (bicyclic) bond motifs is 5. The molecule has 0 unspecified atom stereocenters. The van der Waals surface area contributed by atoms with Gasteiger partial charge >= 0.3 is 5.97 Å². The summed E-state index contributed by atoms with van der Waals surface area (Å²) in [6, 6.07) is 3.66. The van der Waals surface area contributed by atoms with Crippen molar-refractivity contribution in [3.63, 3.8) is 0 Å². The molecule has 0 aliphatic rings. The highest BCUT2D eigenvalue weighted by molar-refractivity contribution is 6.01. The third-order valence-electron chi connectivity index (χ3n) is 3.72. The maximum absolute atomic E-state index is 12.1. The first-order valence-corrected chi connectivity index (χ1v) is 7.24. The standard InChI is InChI=1S/C16H13N5O2/c1-3-23-16(22)10-6-11-12(19-9(10)2)4-5-21-14(11)20-13-7-17-8-18-15(13)21/h4-8H,3H2,1-2H3. The van der Waals surface area contributed by atoms with Crippen molar-refractivity contribution in [2.24, 2.45) is 0 Å². The Morgan fingerprint density at radius 3 is 2.96 bits per heavy atom. The van der Waals surface area contributed by atoms with Crippen molar-refractivity contribution in [3.8, 4) is 0 Å². The number of hydrogen-bond donors (Lipinski definition) is 0. The van der Waals surface area contributed by atoms with E-state index in [-0.39, 0.29) is 5.97 Å². The number of rotatable bonds is 2. The minimum Gasteiger partial charge on any atom is -0.462 e. The van der Waals surface area contributed by atoms with Crippen molar-refractivity contribution in [2.75, 3.05) is 6.61 Å². The quantitative estimate of drug-likeness (QED) is 0.528. The van der Waals surface area contributed by atoms with Crippen molar-refractivity contribution in [3.05, 3.63) is 42.1 Å². The number of ether oxygens (including phenoxy) is 1. The summed E-state index contributed by atoms with van der Waals surface area (Å²) in [5.41, 5.74) is 3.96. The summed E-state index contributed by atoms with van der Waals surface area (Å²) < 4.78 is 6.97. The largest absolute Gasteiger partial charge is 0.462 e. The number of hydrogen-bond acceptors (Lipinski definition) is 6. The molecule has 4 aromatic rings. The number of nitrogens with zero attached hydrogens (tertiary/aromatic N) is 5. The van der Waals surface area contributed by atoms with Gasteiger partial charge in [0.2, 0.25) is 0 Å². The molecule has 4 heterocycles. The van der Waals surface area contributed by atoms with E-state index in [1.807, 2.05) is 16.7 Å². The number of imidazole rings is 1. The monoisotopic (exact) mass is 307 g/mol. The fourth-order valence-corrected chi connectivity index (χ4v) is 2.67. The molecule has 0 saturated carbocycles. The van der Waals surface area contributed by atoms with Crippen molar-refractivity contribution >= 4 is 33.7 Å². The van der Waals surface area contributed by atoms with Gasteiger partial charge in [0.25, 0.3) is 0 Å². The van der Waals surface area contributed by atoms with Crippen LogP contribution in [-0.2, 0) is 4.74 Å². The fraction of sp³-hybridized carbons (Fsp3) is 0.188. The highest BCUT2D eigenvalue weighted by atomic mass is 16.5. The molecule has 0 spiro atoms. The molecule has 0 saturated heterocycles. The van der Waals surface area contributed by atoms with Crippen LogP contribution in [0.15, 0.2) is 30.9 Å². The predicted molar refractivity (Wildman–Crippen MR) is 84.3 cm³/mol. The number of pyridine rings is 2. The zero-order valence-electron chi connectivity index (χ0n) is 12.6. The SMILES string of the molecule is CCOC(=O)c1cc2c(ccn3c4ncncc4nc23)nc1C. The fourth-order valence-electron chi connectivity index (χ4n) is 2.67. The van der Waals surface area contributed by atoms with Crippen LogP contribution in [0.2, 0.25) is 0 Å². The van der Waals surface area contributed by atoms with Gasteiger partial charge in [-0.15, -0.1) is 0 Å². The van der Waals surface area contributed by atoms with Gasteiger partial charge in [0.1, 0.15) is 17.5 Å². The first-order valence-electron chi connectivity index (χ1n) is 7.24. The molecule has 7 nitrogen and oxygen atoms in total. The Bertz CT molecular complexity index is 1070. The molecule has 0 atom stereocenters. The summed E-state index contributed by atoms with van der Waals surface area (Å²) in [6.07, 6.45) is 5.02. The molecule has 0 fully saturated rings.